The Kier molecular flexibility index (Phi) is 4.51. The van der Waals surface area contributed by atoms with Crippen LogP contribution in [0.15, 0.2) is 71.8 Å². The van der Waals surface area contributed by atoms with Crippen LogP contribution in [0.2, 0.25) is 0 Å². The molecular formula is C27H19N5. The lowest BCUT2D eigenvalue weighted by Crippen LogP contribution is -2.31. The summed E-state index contributed by atoms with van der Waals surface area (Å²) >= 11 is 0. The summed E-state index contributed by atoms with van der Waals surface area (Å²) in [5.74, 6) is -0.599. The van der Waals surface area contributed by atoms with Crippen LogP contribution in [0.5, 0.6) is 0 Å². The van der Waals surface area contributed by atoms with Gasteiger partial charge in [-0.25, -0.2) is 0 Å². The van der Waals surface area contributed by atoms with Crippen LogP contribution in [0.1, 0.15) is 23.7 Å². The normalized spacial score (nSPS) is 23.6. The topological polar surface area (TPSA) is 88.7 Å². The van der Waals surface area contributed by atoms with Crippen LogP contribution in [0.4, 0.5) is 0 Å². The van der Waals surface area contributed by atoms with E-state index in [1.807, 2.05) is 49.4 Å². The summed E-state index contributed by atoms with van der Waals surface area (Å²) in [6.07, 6.45) is 8.06. The second-order valence-electron chi connectivity index (χ2n) is 8.29. The average Bonchev–Trinajstić information content (AvgIpc) is 3.17. The number of aromatic nitrogens is 1. The minimum absolute atomic E-state index is 0.129. The molecule has 32 heavy (non-hydrogen) atoms. The third kappa shape index (κ3) is 2.86. The molecule has 1 aliphatic heterocycles. The maximum Gasteiger partial charge on any atom is 0.135 e. The molecular weight excluding hydrogens is 394 g/mol. The van der Waals surface area contributed by atoms with Gasteiger partial charge in [-0.15, -0.1) is 0 Å². The third-order valence-electron chi connectivity index (χ3n) is 6.44. The van der Waals surface area contributed by atoms with Crippen molar-refractivity contribution in [2.45, 2.75) is 18.9 Å². The van der Waals surface area contributed by atoms with Gasteiger partial charge in [-0.3, -0.25) is 4.99 Å². The summed E-state index contributed by atoms with van der Waals surface area (Å²) < 4.78 is 2.20. The molecule has 5 nitrogen and oxygen atoms in total. The van der Waals surface area contributed by atoms with Crippen molar-refractivity contribution in [3.63, 3.8) is 0 Å². The van der Waals surface area contributed by atoms with Crippen molar-refractivity contribution in [3.05, 3.63) is 83.6 Å². The van der Waals surface area contributed by atoms with Crippen molar-refractivity contribution >= 4 is 22.7 Å². The summed E-state index contributed by atoms with van der Waals surface area (Å²) in [4.78, 5) is 4.63. The first kappa shape index (κ1) is 19.6. The van der Waals surface area contributed by atoms with Gasteiger partial charge >= 0.3 is 0 Å². The largest absolute Gasteiger partial charge is 0.310 e. The van der Waals surface area contributed by atoms with Crippen LogP contribution in [-0.4, -0.2) is 10.3 Å². The van der Waals surface area contributed by atoms with Gasteiger partial charge in [-0.1, -0.05) is 42.5 Å². The second kappa shape index (κ2) is 7.38. The molecule has 0 amide bonds. The highest BCUT2D eigenvalue weighted by molar-refractivity contribution is 6.08. The van der Waals surface area contributed by atoms with E-state index in [1.54, 1.807) is 12.2 Å². The van der Waals surface area contributed by atoms with Crippen molar-refractivity contribution in [1.82, 2.24) is 4.57 Å². The van der Waals surface area contributed by atoms with E-state index in [2.05, 4.69) is 46.0 Å². The fourth-order valence-electron chi connectivity index (χ4n) is 4.74. The first-order valence-corrected chi connectivity index (χ1v) is 10.5. The molecule has 5 heteroatoms. The molecule has 0 N–H and O–H groups in total. The Balaban J connectivity index is 1.72. The molecule has 0 saturated heterocycles. The van der Waals surface area contributed by atoms with Gasteiger partial charge in [0.05, 0.1) is 29.5 Å². The van der Waals surface area contributed by atoms with Crippen molar-refractivity contribution in [1.29, 1.82) is 15.8 Å². The fraction of sp³-hybridized carbons (Fsp3) is 0.185. The van der Waals surface area contributed by atoms with Crippen molar-refractivity contribution in [2.24, 2.45) is 16.8 Å². The number of aliphatic imine (C=N–C) groups is 1. The van der Waals surface area contributed by atoms with Gasteiger partial charge in [0.15, 0.2) is 0 Å². The number of nitriles is 3. The Hall–Kier alpha value is -4.40. The van der Waals surface area contributed by atoms with E-state index < -0.39 is 11.5 Å². The maximum atomic E-state index is 9.75. The molecule has 0 spiro atoms. The quantitative estimate of drug-likeness (QED) is 0.576. The lowest BCUT2D eigenvalue weighted by atomic mass is 9.78. The van der Waals surface area contributed by atoms with Gasteiger partial charge in [-0.05, 0) is 54.8 Å². The highest BCUT2D eigenvalue weighted by Crippen LogP contribution is 2.40. The summed E-state index contributed by atoms with van der Waals surface area (Å²) in [5, 5.41) is 29.7. The summed E-state index contributed by atoms with van der Waals surface area (Å²) in [6, 6.07) is 23.1. The van der Waals surface area contributed by atoms with Crippen LogP contribution < -0.4 is 0 Å². The lowest BCUT2D eigenvalue weighted by molar-refractivity contribution is 0.426. The summed E-state index contributed by atoms with van der Waals surface area (Å²) in [5.41, 5.74) is 4.62. The molecule has 0 radical (unpaired) electrons. The molecule has 2 heterocycles. The van der Waals surface area contributed by atoms with E-state index in [9.17, 15) is 15.8 Å². The zero-order chi connectivity index (χ0) is 22.3. The molecule has 152 valence electrons. The van der Waals surface area contributed by atoms with Gasteiger partial charge in [0.25, 0.3) is 0 Å². The van der Waals surface area contributed by atoms with Gasteiger partial charge in [0, 0.05) is 16.8 Å². The monoisotopic (exact) mass is 413 g/mol. The number of hydrogen-bond donors (Lipinski definition) is 0. The van der Waals surface area contributed by atoms with E-state index in [0.29, 0.717) is 12.1 Å². The van der Waals surface area contributed by atoms with Crippen LogP contribution in [0.3, 0.4) is 0 Å². The number of dihydropyridines is 1. The SMILES string of the molecule is CC1(c2cccc(-n3c4c(c5ccccc53)CC(C#N)C=C4)c2)N=C(C#N)C=CC1C#N. The van der Waals surface area contributed by atoms with Crippen molar-refractivity contribution < 1.29 is 0 Å². The Morgan fingerprint density at radius 3 is 2.62 bits per heavy atom. The number of para-hydroxylation sites is 1. The average molecular weight is 413 g/mol. The zero-order valence-electron chi connectivity index (χ0n) is 17.5. The Bertz CT molecular complexity index is 1460. The first-order valence-electron chi connectivity index (χ1n) is 10.5. The minimum Gasteiger partial charge on any atom is -0.310 e. The van der Waals surface area contributed by atoms with Gasteiger partial charge < -0.3 is 4.57 Å². The lowest BCUT2D eigenvalue weighted by Gasteiger charge is -2.31. The van der Waals surface area contributed by atoms with E-state index in [1.165, 1.54) is 5.56 Å². The first-order chi connectivity index (χ1) is 15.6. The van der Waals surface area contributed by atoms with E-state index >= 15 is 0 Å². The van der Waals surface area contributed by atoms with E-state index in [4.69, 9.17) is 0 Å². The Labute approximate surface area is 186 Å². The van der Waals surface area contributed by atoms with Gasteiger partial charge in [0.2, 0.25) is 0 Å². The molecule has 2 aliphatic rings. The highest BCUT2D eigenvalue weighted by Gasteiger charge is 2.37. The molecule has 1 aliphatic carbocycles. The second-order valence-corrected chi connectivity index (χ2v) is 8.29. The highest BCUT2D eigenvalue weighted by atomic mass is 15.0. The Morgan fingerprint density at radius 1 is 1.00 bits per heavy atom. The number of rotatable bonds is 2. The van der Waals surface area contributed by atoms with Crippen molar-refractivity contribution in [3.8, 4) is 23.9 Å². The zero-order valence-corrected chi connectivity index (χ0v) is 17.5. The number of benzene rings is 2. The predicted molar refractivity (Wildman–Crippen MR) is 124 cm³/mol. The van der Waals surface area contributed by atoms with Gasteiger partial charge in [-0.2, -0.15) is 15.8 Å². The van der Waals surface area contributed by atoms with Crippen LogP contribution >= 0.6 is 0 Å². The molecule has 3 unspecified atom stereocenters. The van der Waals surface area contributed by atoms with Crippen molar-refractivity contribution in [2.75, 3.05) is 0 Å². The minimum atomic E-state index is -0.852. The molecule has 5 rings (SSSR count). The van der Waals surface area contributed by atoms with E-state index in [0.717, 1.165) is 27.8 Å². The Morgan fingerprint density at radius 2 is 1.84 bits per heavy atom. The molecule has 1 aromatic heterocycles. The molecule has 3 atom stereocenters. The molecule has 3 aromatic rings. The van der Waals surface area contributed by atoms with E-state index in [-0.39, 0.29) is 5.92 Å². The summed E-state index contributed by atoms with van der Waals surface area (Å²) in [7, 11) is 0. The van der Waals surface area contributed by atoms with Gasteiger partial charge in [0.1, 0.15) is 17.3 Å². The molecule has 0 saturated carbocycles. The van der Waals surface area contributed by atoms with Crippen LogP contribution in [-0.2, 0) is 12.0 Å². The predicted octanol–water partition coefficient (Wildman–Crippen LogP) is 5.23. The standard InChI is InChI=1S/C27H19N5/c1-27(20(16-29)10-11-21(17-30)31-27)19-5-4-6-22(14-19)32-25-8-3-2-7-23(25)24-13-18(15-28)9-12-26(24)32/h2-12,14,18,20H,13H2,1H3. The van der Waals surface area contributed by atoms with Crippen LogP contribution in [0.25, 0.3) is 22.7 Å². The smallest absolute Gasteiger partial charge is 0.135 e. The maximum absolute atomic E-state index is 9.75. The third-order valence-corrected chi connectivity index (χ3v) is 6.44. The number of hydrogen-bond acceptors (Lipinski definition) is 4. The molecule has 2 aromatic carbocycles. The number of fused-ring (bicyclic) bond motifs is 3. The molecule has 0 bridgehead atoms. The fourth-order valence-corrected chi connectivity index (χ4v) is 4.74. The number of nitrogens with zero attached hydrogens (tertiary/aromatic N) is 5. The van der Waals surface area contributed by atoms with Crippen LogP contribution in [0, 0.1) is 45.8 Å². The summed E-state index contributed by atoms with van der Waals surface area (Å²) in [6.45, 7) is 1.90. The number of allylic oxidation sites excluding steroid dienone is 2. The molecule has 0 fully saturated rings.